The smallest absolute Gasteiger partial charge is 0.374 e. The van der Waals surface area contributed by atoms with Gasteiger partial charge in [-0.3, -0.25) is 4.79 Å². The number of imidazole rings is 2. The molecule has 0 atom stereocenters. The number of methoxy groups -OCH3 is 1. The third kappa shape index (κ3) is 2.62. The number of rotatable bonds is 3. The number of nitrogens with one attached hydrogen (secondary N) is 3. The Morgan fingerprint density at radius 2 is 2.00 bits per heavy atom. The average Bonchev–Trinajstić information content (AvgIpc) is 2.96. The lowest BCUT2D eigenvalue weighted by atomic mass is 10.4. The van der Waals surface area contributed by atoms with Gasteiger partial charge < -0.3 is 20.0 Å². The van der Waals surface area contributed by atoms with E-state index in [2.05, 4.69) is 30.0 Å². The number of anilines is 1. The van der Waals surface area contributed by atoms with Gasteiger partial charge in [0.25, 0.3) is 5.91 Å². The molecule has 2 rings (SSSR count). The van der Waals surface area contributed by atoms with Gasteiger partial charge in [-0.1, -0.05) is 0 Å². The molecule has 0 saturated heterocycles. The topological polar surface area (TPSA) is 113 Å². The van der Waals surface area contributed by atoms with Gasteiger partial charge in [0.2, 0.25) is 5.82 Å². The monoisotopic (exact) mass is 263 g/mol. The van der Waals surface area contributed by atoms with Gasteiger partial charge in [-0.2, -0.15) is 0 Å². The maximum absolute atomic E-state index is 11.9. The van der Waals surface area contributed by atoms with Crippen LogP contribution in [0, 0.1) is 13.8 Å². The summed E-state index contributed by atoms with van der Waals surface area (Å²) in [4.78, 5) is 36.5. The first-order valence-electron chi connectivity index (χ1n) is 5.49. The largest absolute Gasteiger partial charge is 0.463 e. The molecule has 0 spiro atoms. The van der Waals surface area contributed by atoms with Gasteiger partial charge >= 0.3 is 5.97 Å². The molecule has 1 amide bonds. The molecule has 0 aliphatic heterocycles. The van der Waals surface area contributed by atoms with Crippen LogP contribution in [0.2, 0.25) is 0 Å². The number of carbonyl (C=O) groups is 2. The quantitative estimate of drug-likeness (QED) is 0.708. The molecule has 2 aromatic heterocycles. The van der Waals surface area contributed by atoms with Crippen LogP contribution < -0.4 is 5.32 Å². The lowest BCUT2D eigenvalue weighted by molar-refractivity contribution is 0.0587. The fourth-order valence-corrected chi connectivity index (χ4v) is 1.47. The van der Waals surface area contributed by atoms with E-state index in [-0.39, 0.29) is 17.5 Å². The van der Waals surface area contributed by atoms with Crippen molar-refractivity contribution in [1.29, 1.82) is 0 Å². The van der Waals surface area contributed by atoms with E-state index in [1.807, 2.05) is 0 Å². The fourth-order valence-electron chi connectivity index (χ4n) is 1.47. The van der Waals surface area contributed by atoms with Crippen LogP contribution in [0.4, 0.5) is 5.82 Å². The van der Waals surface area contributed by atoms with Gasteiger partial charge in [-0.25, -0.2) is 14.8 Å². The lowest BCUT2D eigenvalue weighted by Crippen LogP contribution is -2.14. The van der Waals surface area contributed by atoms with Gasteiger partial charge in [0.05, 0.1) is 18.5 Å². The third-order valence-corrected chi connectivity index (χ3v) is 2.42. The number of aromatic amines is 2. The maximum Gasteiger partial charge on any atom is 0.374 e. The number of esters is 1. The number of H-pyrrole nitrogens is 2. The summed E-state index contributed by atoms with van der Waals surface area (Å²) in [5.41, 5.74) is 1.26. The first-order chi connectivity index (χ1) is 9.01. The molecule has 0 unspecified atom stereocenters. The molecular formula is C11H13N5O3. The first-order valence-corrected chi connectivity index (χ1v) is 5.49. The molecule has 2 aromatic rings. The van der Waals surface area contributed by atoms with Crippen molar-refractivity contribution in [2.24, 2.45) is 0 Å². The van der Waals surface area contributed by atoms with Gasteiger partial charge in [0.1, 0.15) is 0 Å². The van der Waals surface area contributed by atoms with Crippen LogP contribution in [0.15, 0.2) is 6.20 Å². The Hall–Kier alpha value is -2.64. The number of ether oxygens (including phenoxy) is 1. The molecule has 8 heteroatoms. The number of aromatic nitrogens is 4. The van der Waals surface area contributed by atoms with E-state index in [0.717, 1.165) is 0 Å². The third-order valence-electron chi connectivity index (χ3n) is 2.42. The second-order valence-electron chi connectivity index (χ2n) is 3.90. The Morgan fingerprint density at radius 1 is 1.26 bits per heavy atom. The Kier molecular flexibility index (Phi) is 3.32. The number of hydrogen-bond acceptors (Lipinski definition) is 5. The van der Waals surface area contributed by atoms with Crippen LogP contribution in [0.3, 0.4) is 0 Å². The molecule has 0 saturated carbocycles. The second-order valence-corrected chi connectivity index (χ2v) is 3.90. The molecule has 0 aliphatic carbocycles. The van der Waals surface area contributed by atoms with Crippen LogP contribution >= 0.6 is 0 Å². The summed E-state index contributed by atoms with van der Waals surface area (Å²) in [6, 6.07) is 0. The minimum atomic E-state index is -0.600. The predicted octanol–water partition coefficient (Wildman–Crippen LogP) is 0.789. The molecule has 2 heterocycles. The molecule has 0 fully saturated rings. The highest BCUT2D eigenvalue weighted by Crippen LogP contribution is 2.12. The van der Waals surface area contributed by atoms with E-state index >= 15 is 0 Å². The zero-order valence-corrected chi connectivity index (χ0v) is 10.7. The standard InChI is InChI=1S/C11H13N5O3/c1-5-4-12-8(13-5)10(17)16-7-6(2)14-9(15-7)11(18)19-3/h4H,1-3H3,(H,12,13)(H,14,15)(H,16,17). The van der Waals surface area contributed by atoms with Gasteiger partial charge in [0, 0.05) is 6.20 Å². The van der Waals surface area contributed by atoms with Crippen LogP contribution in [0.5, 0.6) is 0 Å². The summed E-state index contributed by atoms with van der Waals surface area (Å²) < 4.78 is 4.53. The first kappa shape index (κ1) is 12.8. The minimum absolute atomic E-state index is 0.0333. The van der Waals surface area contributed by atoms with Crippen molar-refractivity contribution in [1.82, 2.24) is 19.9 Å². The van der Waals surface area contributed by atoms with Gasteiger partial charge in [-0.05, 0) is 13.8 Å². The van der Waals surface area contributed by atoms with Crippen molar-refractivity contribution < 1.29 is 14.3 Å². The van der Waals surface area contributed by atoms with Crippen molar-refractivity contribution in [3.8, 4) is 0 Å². The van der Waals surface area contributed by atoms with Crippen molar-refractivity contribution in [3.05, 3.63) is 29.2 Å². The fraction of sp³-hybridized carbons (Fsp3) is 0.273. The van der Waals surface area contributed by atoms with E-state index in [0.29, 0.717) is 11.4 Å². The van der Waals surface area contributed by atoms with Crippen molar-refractivity contribution in [2.45, 2.75) is 13.8 Å². The Bertz CT molecular complexity index is 628. The Balaban J connectivity index is 2.17. The van der Waals surface area contributed by atoms with E-state index in [4.69, 9.17) is 0 Å². The van der Waals surface area contributed by atoms with E-state index < -0.39 is 11.9 Å². The molecule has 8 nitrogen and oxygen atoms in total. The molecule has 3 N–H and O–H groups in total. The van der Waals surface area contributed by atoms with E-state index in [1.54, 1.807) is 20.0 Å². The summed E-state index contributed by atoms with van der Waals surface area (Å²) in [5, 5.41) is 2.56. The minimum Gasteiger partial charge on any atom is -0.463 e. The van der Waals surface area contributed by atoms with Crippen molar-refractivity contribution in [2.75, 3.05) is 12.4 Å². The maximum atomic E-state index is 11.9. The predicted molar refractivity (Wildman–Crippen MR) is 65.9 cm³/mol. The summed E-state index contributed by atoms with van der Waals surface area (Å²) in [5.74, 6) is -0.554. The molecule has 0 radical (unpaired) electrons. The molecule has 0 aromatic carbocycles. The van der Waals surface area contributed by atoms with Crippen LogP contribution in [0.1, 0.15) is 32.6 Å². The van der Waals surface area contributed by atoms with Crippen molar-refractivity contribution in [3.63, 3.8) is 0 Å². The number of aryl methyl sites for hydroxylation is 2. The average molecular weight is 263 g/mol. The molecular weight excluding hydrogens is 250 g/mol. The number of amides is 1. The van der Waals surface area contributed by atoms with E-state index in [9.17, 15) is 9.59 Å². The lowest BCUT2D eigenvalue weighted by Gasteiger charge is -1.99. The van der Waals surface area contributed by atoms with Crippen LogP contribution in [0.25, 0.3) is 0 Å². The van der Waals surface area contributed by atoms with E-state index in [1.165, 1.54) is 7.11 Å². The van der Waals surface area contributed by atoms with Gasteiger partial charge in [0.15, 0.2) is 11.6 Å². The molecule has 19 heavy (non-hydrogen) atoms. The highest BCUT2D eigenvalue weighted by atomic mass is 16.5. The number of carbonyl (C=O) groups excluding carboxylic acids is 2. The van der Waals surface area contributed by atoms with Crippen molar-refractivity contribution >= 4 is 17.7 Å². The summed E-state index contributed by atoms with van der Waals surface area (Å²) >= 11 is 0. The zero-order valence-electron chi connectivity index (χ0n) is 10.7. The molecule has 100 valence electrons. The van der Waals surface area contributed by atoms with Crippen LogP contribution in [-0.2, 0) is 4.74 Å². The molecule has 0 aliphatic rings. The number of hydrogen-bond donors (Lipinski definition) is 3. The summed E-state index contributed by atoms with van der Waals surface area (Å²) in [6.45, 7) is 3.45. The second kappa shape index (κ2) is 4.92. The number of nitrogens with zero attached hydrogens (tertiary/aromatic N) is 2. The summed E-state index contributed by atoms with van der Waals surface area (Å²) in [6.07, 6.45) is 1.62. The van der Waals surface area contributed by atoms with Gasteiger partial charge in [-0.15, -0.1) is 0 Å². The highest BCUT2D eigenvalue weighted by molar-refractivity contribution is 6.01. The summed E-state index contributed by atoms with van der Waals surface area (Å²) in [7, 11) is 1.25. The Morgan fingerprint density at radius 3 is 2.58 bits per heavy atom. The van der Waals surface area contributed by atoms with Crippen LogP contribution in [-0.4, -0.2) is 38.9 Å². The highest BCUT2D eigenvalue weighted by Gasteiger charge is 2.17. The zero-order chi connectivity index (χ0) is 14.0. The SMILES string of the molecule is COC(=O)c1nc(NC(=O)c2nc(C)c[nH]2)c(C)[nH]1. The Labute approximate surface area is 108 Å². The normalized spacial score (nSPS) is 10.3. The molecule has 0 bridgehead atoms.